The summed E-state index contributed by atoms with van der Waals surface area (Å²) in [4.78, 5) is 9.03. The maximum atomic E-state index is 10.4. The van der Waals surface area contributed by atoms with E-state index in [1.165, 1.54) is 7.11 Å². The van der Waals surface area contributed by atoms with E-state index < -0.39 is 0 Å². The summed E-state index contributed by atoms with van der Waals surface area (Å²) in [5.41, 5.74) is 2.26. The molecule has 0 atom stereocenters. The van der Waals surface area contributed by atoms with Crippen molar-refractivity contribution in [3.63, 3.8) is 0 Å². The predicted octanol–water partition coefficient (Wildman–Crippen LogP) is 3.39. The Morgan fingerprint density at radius 2 is 2.00 bits per heavy atom. The first kappa shape index (κ1) is 13.4. The molecule has 0 fully saturated rings. The first-order valence-corrected chi connectivity index (χ1v) is 6.82. The number of phenols is 1. The molecule has 0 saturated carbocycles. The maximum absolute atomic E-state index is 10.4. The Hall–Kier alpha value is -2.56. The average molecular weight is 283 g/mol. The standard InChI is InChI=1S/C16H17N3O2/c1-10(2)19-15(18-12-7-5-9-17-16(12)19)11-6-4-8-13(21-3)14(11)20/h4-10,20H,1-3H3. The number of phenolic OH excluding ortho intramolecular Hbond substituents is 1. The minimum Gasteiger partial charge on any atom is -0.504 e. The van der Waals surface area contributed by atoms with E-state index in [1.807, 2.05) is 28.8 Å². The van der Waals surface area contributed by atoms with E-state index >= 15 is 0 Å². The number of aromatic hydroxyl groups is 1. The van der Waals surface area contributed by atoms with Gasteiger partial charge in [-0.3, -0.25) is 0 Å². The lowest BCUT2D eigenvalue weighted by Crippen LogP contribution is -2.04. The number of nitrogens with zero attached hydrogens (tertiary/aromatic N) is 3. The van der Waals surface area contributed by atoms with Gasteiger partial charge in [0, 0.05) is 12.2 Å². The van der Waals surface area contributed by atoms with Crippen LogP contribution in [0, 0.1) is 0 Å². The summed E-state index contributed by atoms with van der Waals surface area (Å²) in [5.74, 6) is 1.22. The number of methoxy groups -OCH3 is 1. The number of pyridine rings is 1. The first-order valence-electron chi connectivity index (χ1n) is 6.82. The zero-order chi connectivity index (χ0) is 15.0. The molecule has 2 heterocycles. The third-order valence-electron chi connectivity index (χ3n) is 3.43. The Labute approximate surface area is 122 Å². The van der Waals surface area contributed by atoms with Crippen LogP contribution in [-0.4, -0.2) is 26.8 Å². The van der Waals surface area contributed by atoms with Crippen LogP contribution < -0.4 is 4.74 Å². The van der Waals surface area contributed by atoms with Crippen LogP contribution in [0.5, 0.6) is 11.5 Å². The molecule has 2 aromatic heterocycles. The predicted molar refractivity (Wildman–Crippen MR) is 81.6 cm³/mol. The number of hydrogen-bond acceptors (Lipinski definition) is 4. The van der Waals surface area contributed by atoms with E-state index in [9.17, 15) is 5.11 Å². The van der Waals surface area contributed by atoms with Crippen LogP contribution in [0.15, 0.2) is 36.5 Å². The number of para-hydroxylation sites is 1. The molecule has 5 heteroatoms. The highest BCUT2D eigenvalue weighted by molar-refractivity contribution is 5.80. The number of rotatable bonds is 3. The molecule has 0 aliphatic carbocycles. The van der Waals surface area contributed by atoms with Gasteiger partial charge in [-0.25, -0.2) is 9.97 Å². The molecular weight excluding hydrogens is 266 g/mol. The minimum absolute atomic E-state index is 0.0946. The van der Waals surface area contributed by atoms with Crippen molar-refractivity contribution in [2.45, 2.75) is 19.9 Å². The summed E-state index contributed by atoms with van der Waals surface area (Å²) < 4.78 is 7.20. The molecule has 3 aromatic rings. The molecule has 0 bridgehead atoms. The normalized spacial score (nSPS) is 11.2. The third-order valence-corrected chi connectivity index (χ3v) is 3.43. The molecule has 21 heavy (non-hydrogen) atoms. The molecule has 0 aliphatic heterocycles. The van der Waals surface area contributed by atoms with Crippen LogP contribution in [0.3, 0.4) is 0 Å². The number of ether oxygens (including phenoxy) is 1. The van der Waals surface area contributed by atoms with Crippen molar-refractivity contribution in [1.29, 1.82) is 0 Å². The maximum Gasteiger partial charge on any atom is 0.168 e. The van der Waals surface area contributed by atoms with Crippen LogP contribution >= 0.6 is 0 Å². The molecule has 3 rings (SSSR count). The van der Waals surface area contributed by atoms with Crippen molar-refractivity contribution in [1.82, 2.24) is 14.5 Å². The second-order valence-electron chi connectivity index (χ2n) is 5.10. The van der Waals surface area contributed by atoms with Gasteiger partial charge in [0.15, 0.2) is 17.1 Å². The van der Waals surface area contributed by atoms with Gasteiger partial charge in [-0.05, 0) is 38.1 Å². The van der Waals surface area contributed by atoms with Crippen LogP contribution in [0.4, 0.5) is 0 Å². The molecule has 0 amide bonds. The van der Waals surface area contributed by atoms with Crippen LogP contribution in [0.25, 0.3) is 22.6 Å². The molecule has 108 valence electrons. The number of aromatic nitrogens is 3. The van der Waals surface area contributed by atoms with Gasteiger partial charge in [-0.2, -0.15) is 0 Å². The molecule has 0 radical (unpaired) electrons. The topological polar surface area (TPSA) is 60.2 Å². The van der Waals surface area contributed by atoms with Gasteiger partial charge < -0.3 is 14.4 Å². The lowest BCUT2D eigenvalue weighted by Gasteiger charge is -2.14. The molecule has 1 aromatic carbocycles. The number of hydrogen-bond donors (Lipinski definition) is 1. The SMILES string of the molecule is COc1cccc(-c2nc3cccnc3n2C(C)C)c1O. The smallest absolute Gasteiger partial charge is 0.168 e. The zero-order valence-corrected chi connectivity index (χ0v) is 12.2. The van der Waals surface area contributed by atoms with Crippen LogP contribution in [-0.2, 0) is 0 Å². The lowest BCUT2D eigenvalue weighted by molar-refractivity contribution is 0.374. The zero-order valence-electron chi connectivity index (χ0n) is 12.2. The van der Waals surface area contributed by atoms with E-state index in [4.69, 9.17) is 4.74 Å². The summed E-state index contributed by atoms with van der Waals surface area (Å²) in [6, 6.07) is 9.34. The minimum atomic E-state index is 0.0946. The Morgan fingerprint density at radius 3 is 2.71 bits per heavy atom. The van der Waals surface area contributed by atoms with Gasteiger partial charge in [0.25, 0.3) is 0 Å². The second kappa shape index (κ2) is 5.09. The summed E-state index contributed by atoms with van der Waals surface area (Å²) in [6.07, 6.45) is 1.75. The van der Waals surface area contributed by atoms with Gasteiger partial charge in [0.05, 0.1) is 12.7 Å². The summed E-state index contributed by atoms with van der Waals surface area (Å²) >= 11 is 0. The Bertz CT molecular complexity index is 793. The van der Waals surface area contributed by atoms with Crippen LogP contribution in [0.2, 0.25) is 0 Å². The fraction of sp³-hybridized carbons (Fsp3) is 0.250. The summed E-state index contributed by atoms with van der Waals surface area (Å²) in [5, 5.41) is 10.4. The molecule has 0 spiro atoms. The summed E-state index contributed by atoms with van der Waals surface area (Å²) in [7, 11) is 1.53. The van der Waals surface area contributed by atoms with Crippen LogP contribution in [0.1, 0.15) is 19.9 Å². The highest BCUT2D eigenvalue weighted by atomic mass is 16.5. The average Bonchev–Trinajstić information content (AvgIpc) is 2.86. The van der Waals surface area contributed by atoms with E-state index in [1.54, 1.807) is 12.3 Å². The van der Waals surface area contributed by atoms with Crippen molar-refractivity contribution in [3.8, 4) is 22.9 Å². The van der Waals surface area contributed by atoms with Crippen molar-refractivity contribution in [3.05, 3.63) is 36.5 Å². The fourth-order valence-corrected chi connectivity index (χ4v) is 2.48. The quantitative estimate of drug-likeness (QED) is 0.800. The van der Waals surface area contributed by atoms with Gasteiger partial charge in [-0.15, -0.1) is 0 Å². The third kappa shape index (κ3) is 2.11. The molecule has 1 N–H and O–H groups in total. The van der Waals surface area contributed by atoms with E-state index in [-0.39, 0.29) is 11.8 Å². The van der Waals surface area contributed by atoms with Gasteiger partial charge >= 0.3 is 0 Å². The van der Waals surface area contributed by atoms with Gasteiger partial charge in [-0.1, -0.05) is 6.07 Å². The molecule has 0 aliphatic rings. The van der Waals surface area contributed by atoms with Crippen molar-refractivity contribution in [2.24, 2.45) is 0 Å². The highest BCUT2D eigenvalue weighted by Crippen LogP contribution is 2.38. The first-order chi connectivity index (χ1) is 10.1. The number of benzene rings is 1. The lowest BCUT2D eigenvalue weighted by atomic mass is 10.1. The van der Waals surface area contributed by atoms with E-state index in [0.717, 1.165) is 11.2 Å². The summed E-state index contributed by atoms with van der Waals surface area (Å²) in [6.45, 7) is 4.13. The van der Waals surface area contributed by atoms with Crippen molar-refractivity contribution in [2.75, 3.05) is 7.11 Å². The largest absolute Gasteiger partial charge is 0.504 e. The number of fused-ring (bicyclic) bond motifs is 1. The molecule has 0 saturated heterocycles. The second-order valence-corrected chi connectivity index (χ2v) is 5.10. The Morgan fingerprint density at radius 1 is 1.19 bits per heavy atom. The Kier molecular flexibility index (Phi) is 3.25. The van der Waals surface area contributed by atoms with Gasteiger partial charge in [0.2, 0.25) is 0 Å². The Balaban J connectivity index is 2.32. The number of imidazole rings is 1. The molecule has 0 unspecified atom stereocenters. The van der Waals surface area contributed by atoms with E-state index in [2.05, 4.69) is 23.8 Å². The fourth-order valence-electron chi connectivity index (χ4n) is 2.48. The molecule has 5 nitrogen and oxygen atoms in total. The monoisotopic (exact) mass is 283 g/mol. The van der Waals surface area contributed by atoms with Crippen molar-refractivity contribution >= 4 is 11.2 Å². The van der Waals surface area contributed by atoms with Crippen molar-refractivity contribution < 1.29 is 9.84 Å². The van der Waals surface area contributed by atoms with E-state index in [0.29, 0.717) is 17.1 Å². The van der Waals surface area contributed by atoms with Gasteiger partial charge in [0.1, 0.15) is 11.3 Å². The highest BCUT2D eigenvalue weighted by Gasteiger charge is 2.19. The molecular formula is C16H17N3O2.